The van der Waals surface area contributed by atoms with Crippen molar-refractivity contribution in [3.8, 4) is 0 Å². The molecule has 0 aromatic carbocycles. The number of carbonyl (C=O) groups is 1. The number of amides is 1. The summed E-state index contributed by atoms with van der Waals surface area (Å²) in [4.78, 5) is 11.9. The molecule has 0 aliphatic carbocycles. The van der Waals surface area contributed by atoms with Crippen molar-refractivity contribution in [2.45, 2.75) is 19.8 Å². The first-order valence-electron chi connectivity index (χ1n) is 5.50. The van der Waals surface area contributed by atoms with Gasteiger partial charge in [-0.25, -0.2) is 8.42 Å². The monoisotopic (exact) mass is 248 g/mol. The van der Waals surface area contributed by atoms with Gasteiger partial charge in [-0.05, 0) is 26.3 Å². The first kappa shape index (κ1) is 13.4. The Balaban J connectivity index is 2.39. The Morgan fingerprint density at radius 2 is 2.19 bits per heavy atom. The molecule has 0 saturated carbocycles. The Morgan fingerprint density at radius 1 is 1.50 bits per heavy atom. The van der Waals surface area contributed by atoms with Gasteiger partial charge < -0.3 is 10.6 Å². The average Bonchev–Trinajstić information content (AvgIpc) is 2.16. The molecule has 1 atom stereocenters. The normalized spacial score (nSPS) is 26.4. The van der Waals surface area contributed by atoms with E-state index in [1.165, 1.54) is 6.26 Å². The van der Waals surface area contributed by atoms with Gasteiger partial charge in [0.1, 0.15) is 9.84 Å². The lowest BCUT2D eigenvalue weighted by molar-refractivity contribution is -0.130. The summed E-state index contributed by atoms with van der Waals surface area (Å²) in [6.07, 6.45) is 3.00. The van der Waals surface area contributed by atoms with Crippen LogP contribution >= 0.6 is 0 Å². The minimum absolute atomic E-state index is 0.00223. The lowest BCUT2D eigenvalue weighted by Crippen LogP contribution is -2.49. The molecule has 1 saturated heterocycles. The molecule has 6 heteroatoms. The van der Waals surface area contributed by atoms with Crippen LogP contribution in [-0.2, 0) is 14.6 Å². The summed E-state index contributed by atoms with van der Waals surface area (Å²) in [7, 11) is -3.00. The van der Waals surface area contributed by atoms with Gasteiger partial charge >= 0.3 is 0 Å². The summed E-state index contributed by atoms with van der Waals surface area (Å²) in [6.45, 7) is 3.73. The van der Waals surface area contributed by atoms with Crippen LogP contribution in [0.1, 0.15) is 19.8 Å². The molecule has 1 aliphatic rings. The number of sulfone groups is 1. The minimum atomic E-state index is -3.00. The van der Waals surface area contributed by atoms with Crippen molar-refractivity contribution in [2.75, 3.05) is 31.6 Å². The Hall–Kier alpha value is -0.620. The van der Waals surface area contributed by atoms with E-state index in [1.54, 1.807) is 0 Å². The zero-order valence-electron chi connectivity index (χ0n) is 9.88. The van der Waals surface area contributed by atoms with E-state index < -0.39 is 15.3 Å². The number of rotatable bonds is 4. The van der Waals surface area contributed by atoms with Gasteiger partial charge in [0.25, 0.3) is 0 Å². The first-order valence-corrected chi connectivity index (χ1v) is 7.56. The molecule has 0 aromatic heterocycles. The molecule has 94 valence electrons. The molecule has 1 rings (SSSR count). The summed E-state index contributed by atoms with van der Waals surface area (Å²) >= 11 is 0. The lowest BCUT2D eigenvalue weighted by atomic mass is 9.82. The van der Waals surface area contributed by atoms with E-state index >= 15 is 0 Å². The quantitative estimate of drug-likeness (QED) is 0.706. The Morgan fingerprint density at radius 3 is 2.69 bits per heavy atom. The standard InChI is InChI=1S/C10H20N2O3S/c1-10(4-3-5-11-8-10)9(13)12-6-7-16(2,14)15/h11H,3-8H2,1-2H3,(H,12,13). The molecule has 0 spiro atoms. The Bertz CT molecular complexity index is 345. The molecular weight excluding hydrogens is 228 g/mol. The van der Waals surface area contributed by atoms with E-state index in [9.17, 15) is 13.2 Å². The van der Waals surface area contributed by atoms with Gasteiger partial charge in [0.05, 0.1) is 11.2 Å². The third-order valence-electron chi connectivity index (χ3n) is 2.90. The highest BCUT2D eigenvalue weighted by Gasteiger charge is 2.34. The van der Waals surface area contributed by atoms with E-state index in [0.29, 0.717) is 6.54 Å². The second kappa shape index (κ2) is 5.14. The van der Waals surface area contributed by atoms with E-state index in [1.807, 2.05) is 6.92 Å². The highest BCUT2D eigenvalue weighted by molar-refractivity contribution is 7.90. The molecular formula is C10H20N2O3S. The third kappa shape index (κ3) is 4.09. The lowest BCUT2D eigenvalue weighted by Gasteiger charge is -2.32. The number of nitrogens with one attached hydrogen (secondary N) is 2. The zero-order chi connectivity index (χ0) is 12.2. The molecule has 0 bridgehead atoms. The van der Waals surface area contributed by atoms with Gasteiger partial charge in [-0.1, -0.05) is 0 Å². The van der Waals surface area contributed by atoms with Crippen molar-refractivity contribution in [2.24, 2.45) is 5.41 Å². The van der Waals surface area contributed by atoms with Crippen LogP contribution in [0, 0.1) is 5.41 Å². The van der Waals surface area contributed by atoms with Gasteiger partial charge in [0, 0.05) is 19.3 Å². The summed E-state index contributed by atoms with van der Waals surface area (Å²) in [5.41, 5.74) is -0.393. The Labute approximate surface area is 96.9 Å². The molecule has 1 unspecified atom stereocenters. The van der Waals surface area contributed by atoms with Gasteiger partial charge in [0.2, 0.25) is 5.91 Å². The molecule has 1 aliphatic heterocycles. The van der Waals surface area contributed by atoms with E-state index in [4.69, 9.17) is 0 Å². The van der Waals surface area contributed by atoms with Gasteiger partial charge in [-0.15, -0.1) is 0 Å². The topological polar surface area (TPSA) is 75.3 Å². The highest BCUT2D eigenvalue weighted by atomic mass is 32.2. The van der Waals surface area contributed by atoms with Crippen LogP contribution in [0.3, 0.4) is 0 Å². The SMILES string of the molecule is CC1(C(=O)NCCS(C)(=O)=O)CCCNC1. The predicted molar refractivity (Wildman–Crippen MR) is 62.9 cm³/mol. The number of carbonyl (C=O) groups excluding carboxylic acids is 1. The van der Waals surface area contributed by atoms with Crippen molar-refractivity contribution in [1.82, 2.24) is 10.6 Å². The second-order valence-corrected chi connectivity index (χ2v) is 6.99. The molecule has 0 radical (unpaired) electrons. The molecule has 1 amide bonds. The van der Waals surface area contributed by atoms with Crippen LogP contribution in [0.5, 0.6) is 0 Å². The number of piperidine rings is 1. The fourth-order valence-corrected chi connectivity index (χ4v) is 2.29. The van der Waals surface area contributed by atoms with Crippen LogP contribution < -0.4 is 10.6 Å². The van der Waals surface area contributed by atoms with E-state index in [-0.39, 0.29) is 18.2 Å². The van der Waals surface area contributed by atoms with E-state index in [0.717, 1.165) is 19.4 Å². The average molecular weight is 248 g/mol. The number of hydrogen-bond acceptors (Lipinski definition) is 4. The summed E-state index contributed by atoms with van der Waals surface area (Å²) < 4.78 is 21.8. The maximum Gasteiger partial charge on any atom is 0.227 e. The van der Waals surface area contributed by atoms with Crippen molar-refractivity contribution < 1.29 is 13.2 Å². The van der Waals surface area contributed by atoms with Crippen LogP contribution in [0.4, 0.5) is 0 Å². The third-order valence-corrected chi connectivity index (χ3v) is 3.85. The fraction of sp³-hybridized carbons (Fsp3) is 0.900. The molecule has 2 N–H and O–H groups in total. The molecule has 1 fully saturated rings. The summed E-state index contributed by atoms with van der Waals surface area (Å²) in [5.74, 6) is -0.0502. The van der Waals surface area contributed by atoms with Crippen LogP contribution in [0.2, 0.25) is 0 Å². The number of hydrogen-bond donors (Lipinski definition) is 2. The van der Waals surface area contributed by atoms with Crippen molar-refractivity contribution >= 4 is 15.7 Å². The van der Waals surface area contributed by atoms with Gasteiger partial charge in [-0.2, -0.15) is 0 Å². The molecule has 5 nitrogen and oxygen atoms in total. The van der Waals surface area contributed by atoms with Crippen molar-refractivity contribution in [3.05, 3.63) is 0 Å². The Kier molecular flexibility index (Phi) is 4.32. The largest absolute Gasteiger partial charge is 0.355 e. The summed E-state index contributed by atoms with van der Waals surface area (Å²) in [6, 6.07) is 0. The highest BCUT2D eigenvalue weighted by Crippen LogP contribution is 2.25. The van der Waals surface area contributed by atoms with Crippen LogP contribution in [-0.4, -0.2) is 46.0 Å². The van der Waals surface area contributed by atoms with E-state index in [2.05, 4.69) is 10.6 Å². The molecule has 1 heterocycles. The van der Waals surface area contributed by atoms with Crippen molar-refractivity contribution in [1.29, 1.82) is 0 Å². The zero-order valence-corrected chi connectivity index (χ0v) is 10.7. The maximum absolute atomic E-state index is 11.9. The van der Waals surface area contributed by atoms with Gasteiger partial charge in [0.15, 0.2) is 0 Å². The molecule has 0 aromatic rings. The van der Waals surface area contributed by atoms with Gasteiger partial charge in [-0.3, -0.25) is 4.79 Å². The first-order chi connectivity index (χ1) is 7.33. The predicted octanol–water partition coefficient (Wildman–Crippen LogP) is -0.463. The maximum atomic E-state index is 11.9. The second-order valence-electron chi connectivity index (χ2n) is 4.73. The van der Waals surface area contributed by atoms with Crippen molar-refractivity contribution in [3.63, 3.8) is 0 Å². The fourth-order valence-electron chi connectivity index (χ4n) is 1.81. The smallest absolute Gasteiger partial charge is 0.227 e. The molecule has 16 heavy (non-hydrogen) atoms. The summed E-state index contributed by atoms with van der Waals surface area (Å²) in [5, 5.41) is 5.88. The van der Waals surface area contributed by atoms with Crippen LogP contribution in [0.25, 0.3) is 0 Å². The van der Waals surface area contributed by atoms with Crippen LogP contribution in [0.15, 0.2) is 0 Å². The minimum Gasteiger partial charge on any atom is -0.355 e.